The van der Waals surface area contributed by atoms with Crippen LogP contribution in [-0.2, 0) is 0 Å². The molecule has 4 aromatic carbocycles. The lowest BCUT2D eigenvalue weighted by molar-refractivity contribution is 0.0957. The van der Waals surface area contributed by atoms with Gasteiger partial charge < -0.3 is 26.2 Å². The third-order valence-electron chi connectivity index (χ3n) is 7.02. The molecule has 0 spiro atoms. The number of rotatable bonds is 6. The van der Waals surface area contributed by atoms with Crippen molar-refractivity contribution >= 4 is 50.1 Å². The average molecular weight is 504 g/mol. The van der Waals surface area contributed by atoms with Crippen molar-refractivity contribution in [1.82, 2.24) is 15.0 Å². The monoisotopic (exact) mass is 503 g/mol. The van der Waals surface area contributed by atoms with Crippen LogP contribution in [0, 0.1) is 6.92 Å². The lowest BCUT2D eigenvalue weighted by Crippen LogP contribution is -2.11. The van der Waals surface area contributed by atoms with Gasteiger partial charge in [0, 0.05) is 27.4 Å². The van der Waals surface area contributed by atoms with Crippen LogP contribution in [0.4, 0.5) is 11.5 Å². The molecule has 6 N–H and O–H groups in total. The number of carbonyl (C=O) groups excluding carboxylic acids is 1. The van der Waals surface area contributed by atoms with E-state index in [9.17, 15) is 15.0 Å². The summed E-state index contributed by atoms with van der Waals surface area (Å²) in [5.74, 6) is 0.179. The van der Waals surface area contributed by atoms with Crippen molar-refractivity contribution in [2.45, 2.75) is 13.0 Å². The number of para-hydroxylation sites is 1. The Kier molecular flexibility index (Phi) is 5.75. The Balaban J connectivity index is 1.54. The molecule has 2 aromatic heterocycles. The number of fused-ring (bicyclic) bond motifs is 4. The number of nitrogens with one attached hydrogen (secondary N) is 2. The quantitative estimate of drug-likeness (QED) is 0.214. The molecule has 0 fully saturated rings. The maximum absolute atomic E-state index is 12.3. The fraction of sp³-hybridized carbons (Fsp3) is 0.100. The fourth-order valence-electron chi connectivity index (χ4n) is 5.07. The van der Waals surface area contributed by atoms with Crippen molar-refractivity contribution in [3.8, 4) is 11.1 Å². The third-order valence-corrected chi connectivity index (χ3v) is 7.02. The molecule has 0 saturated heterocycles. The first kappa shape index (κ1) is 23.6. The van der Waals surface area contributed by atoms with Crippen LogP contribution >= 0.6 is 0 Å². The summed E-state index contributed by atoms with van der Waals surface area (Å²) < 4.78 is 0. The molecule has 1 unspecified atom stereocenters. The maximum atomic E-state index is 12.3. The molecule has 0 aliphatic carbocycles. The maximum Gasteiger partial charge on any atom is 0.250 e. The predicted molar refractivity (Wildman–Crippen MR) is 149 cm³/mol. The highest BCUT2D eigenvalue weighted by atomic mass is 16.3. The van der Waals surface area contributed by atoms with Crippen LogP contribution in [0.3, 0.4) is 0 Å². The number of nitrogens with zero attached hydrogens (tertiary/aromatic N) is 2. The molecule has 188 valence electrons. The summed E-state index contributed by atoms with van der Waals surface area (Å²) in [5.41, 5.74) is 12.7. The van der Waals surface area contributed by atoms with Gasteiger partial charge in [0.1, 0.15) is 18.2 Å². The molecule has 0 radical (unpaired) electrons. The summed E-state index contributed by atoms with van der Waals surface area (Å²) >= 11 is 0. The normalized spacial score (nSPS) is 12.3. The number of aromatic nitrogens is 3. The first-order valence-electron chi connectivity index (χ1n) is 12.2. The van der Waals surface area contributed by atoms with Crippen molar-refractivity contribution in [1.29, 1.82) is 0 Å². The molecule has 1 atom stereocenters. The van der Waals surface area contributed by atoms with Crippen LogP contribution in [0.25, 0.3) is 43.8 Å². The molecule has 0 aliphatic rings. The predicted octanol–water partition coefficient (Wildman–Crippen LogP) is 5.11. The van der Waals surface area contributed by atoms with Crippen LogP contribution in [-0.4, -0.2) is 37.7 Å². The fourth-order valence-corrected chi connectivity index (χ4v) is 5.07. The van der Waals surface area contributed by atoms with E-state index in [-0.39, 0.29) is 6.61 Å². The Labute approximate surface area is 217 Å². The van der Waals surface area contributed by atoms with Gasteiger partial charge in [-0.3, -0.25) is 4.79 Å². The second kappa shape index (κ2) is 9.26. The first-order valence-corrected chi connectivity index (χ1v) is 12.2. The van der Waals surface area contributed by atoms with Gasteiger partial charge in [-0.05, 0) is 59.5 Å². The molecule has 2 heterocycles. The van der Waals surface area contributed by atoms with Gasteiger partial charge in [0.05, 0.1) is 23.2 Å². The summed E-state index contributed by atoms with van der Waals surface area (Å²) in [6.45, 7) is 1.66. The largest absolute Gasteiger partial charge is 0.393 e. The highest BCUT2D eigenvalue weighted by Gasteiger charge is 2.19. The van der Waals surface area contributed by atoms with E-state index in [1.54, 1.807) is 24.5 Å². The van der Waals surface area contributed by atoms with E-state index in [4.69, 9.17) is 5.73 Å². The average Bonchev–Trinajstić information content (AvgIpc) is 3.32. The molecule has 0 aliphatic heterocycles. The van der Waals surface area contributed by atoms with E-state index in [1.807, 2.05) is 61.5 Å². The Morgan fingerprint density at radius 2 is 1.84 bits per heavy atom. The van der Waals surface area contributed by atoms with Crippen LogP contribution in [0.5, 0.6) is 0 Å². The van der Waals surface area contributed by atoms with E-state index >= 15 is 0 Å². The van der Waals surface area contributed by atoms with Crippen LogP contribution < -0.4 is 11.1 Å². The van der Waals surface area contributed by atoms with Crippen LogP contribution in [0.15, 0.2) is 79.1 Å². The summed E-state index contributed by atoms with van der Waals surface area (Å²) in [6, 6.07) is 23.0. The number of nitrogens with two attached hydrogens (primary N) is 1. The van der Waals surface area contributed by atoms with E-state index in [0.717, 1.165) is 49.6 Å². The number of aromatic amines is 1. The van der Waals surface area contributed by atoms with Crippen molar-refractivity contribution in [3.05, 3.63) is 95.8 Å². The number of H-pyrrole nitrogens is 1. The minimum absolute atomic E-state index is 0.378. The topological polar surface area (TPSA) is 137 Å². The lowest BCUT2D eigenvalue weighted by atomic mass is 9.93. The number of hydrogen-bond acceptors (Lipinski definition) is 6. The van der Waals surface area contributed by atoms with E-state index in [0.29, 0.717) is 22.5 Å². The number of aliphatic hydroxyl groups is 2. The van der Waals surface area contributed by atoms with Gasteiger partial charge in [-0.25, -0.2) is 9.97 Å². The van der Waals surface area contributed by atoms with E-state index in [1.165, 1.54) is 0 Å². The van der Waals surface area contributed by atoms with Gasteiger partial charge in [-0.15, -0.1) is 0 Å². The number of aliphatic hydroxyl groups excluding tert-OH is 2. The Morgan fingerprint density at radius 1 is 1.00 bits per heavy atom. The molecular formula is C30H25N5O3. The van der Waals surface area contributed by atoms with Gasteiger partial charge in [0.2, 0.25) is 0 Å². The highest BCUT2D eigenvalue weighted by molar-refractivity contribution is 6.20. The summed E-state index contributed by atoms with van der Waals surface area (Å²) in [6.07, 6.45) is 0.549. The SMILES string of the molecule is Cc1c(Nc2ncnc3ccccc23)cccc1-c1ccc(C(N)=O)c2[nH]c3cc(C(O)CO)ccc3c12. The van der Waals surface area contributed by atoms with Gasteiger partial charge in [0.25, 0.3) is 5.91 Å². The van der Waals surface area contributed by atoms with Crippen molar-refractivity contribution in [2.24, 2.45) is 5.73 Å². The molecular weight excluding hydrogens is 478 g/mol. The van der Waals surface area contributed by atoms with Crippen molar-refractivity contribution < 1.29 is 15.0 Å². The number of amides is 1. The number of anilines is 2. The minimum atomic E-state index is -0.997. The van der Waals surface area contributed by atoms with Gasteiger partial charge in [-0.1, -0.05) is 42.5 Å². The molecule has 8 heteroatoms. The standard InChI is InChI=1S/C30H25N5O3/c1-16-18(6-4-8-23(16)35-30-21-5-2-3-7-24(21)32-15-33-30)19-11-12-22(29(31)38)28-27(19)20-10-9-17(26(37)14-36)13-25(20)34-28/h2-13,15,26,34,36-37H,14H2,1H3,(H2,31,38)(H,32,33,35). The van der Waals surface area contributed by atoms with Crippen LogP contribution in [0.2, 0.25) is 0 Å². The zero-order valence-corrected chi connectivity index (χ0v) is 20.6. The number of hydrogen-bond donors (Lipinski definition) is 5. The Hall–Kier alpha value is -4.79. The second-order valence-electron chi connectivity index (χ2n) is 9.25. The lowest BCUT2D eigenvalue weighted by Gasteiger charge is -2.15. The van der Waals surface area contributed by atoms with Crippen molar-refractivity contribution in [2.75, 3.05) is 11.9 Å². The Morgan fingerprint density at radius 3 is 2.66 bits per heavy atom. The number of benzene rings is 4. The number of primary amides is 1. The highest BCUT2D eigenvalue weighted by Crippen LogP contribution is 2.40. The number of carbonyl (C=O) groups is 1. The van der Waals surface area contributed by atoms with Gasteiger partial charge in [0.15, 0.2) is 0 Å². The van der Waals surface area contributed by atoms with Crippen molar-refractivity contribution in [3.63, 3.8) is 0 Å². The van der Waals surface area contributed by atoms with E-state index in [2.05, 4.69) is 20.3 Å². The molecule has 1 amide bonds. The first-order chi connectivity index (χ1) is 18.5. The van der Waals surface area contributed by atoms with Crippen LogP contribution in [0.1, 0.15) is 27.6 Å². The van der Waals surface area contributed by atoms with E-state index < -0.39 is 12.0 Å². The summed E-state index contributed by atoms with van der Waals surface area (Å²) in [7, 11) is 0. The minimum Gasteiger partial charge on any atom is -0.393 e. The Bertz CT molecular complexity index is 1860. The molecule has 0 saturated carbocycles. The molecule has 8 nitrogen and oxygen atoms in total. The summed E-state index contributed by atoms with van der Waals surface area (Å²) in [4.78, 5) is 24.4. The second-order valence-corrected chi connectivity index (χ2v) is 9.25. The van der Waals surface area contributed by atoms with Gasteiger partial charge >= 0.3 is 0 Å². The third kappa shape index (κ3) is 3.83. The zero-order chi connectivity index (χ0) is 26.4. The molecule has 6 aromatic rings. The molecule has 6 rings (SSSR count). The molecule has 0 bridgehead atoms. The van der Waals surface area contributed by atoms with Gasteiger partial charge in [-0.2, -0.15) is 0 Å². The molecule has 38 heavy (non-hydrogen) atoms. The summed E-state index contributed by atoms with van der Waals surface area (Å²) in [5, 5.41) is 25.7. The zero-order valence-electron chi connectivity index (χ0n) is 20.6. The smallest absolute Gasteiger partial charge is 0.250 e.